The number of hydrogen-bond acceptors (Lipinski definition) is 6. The first kappa shape index (κ1) is 20.3. The van der Waals surface area contributed by atoms with Crippen LogP contribution in [0.25, 0.3) is 0 Å². The van der Waals surface area contributed by atoms with Gasteiger partial charge in [-0.1, -0.05) is 35.4 Å². The van der Waals surface area contributed by atoms with Gasteiger partial charge in [-0.2, -0.15) is 10.6 Å². The highest BCUT2D eigenvalue weighted by molar-refractivity contribution is 8.25. The molecule has 0 bridgehead atoms. The number of carbonyl (C=O) groups is 2. The van der Waals surface area contributed by atoms with Crippen molar-refractivity contribution in [2.24, 2.45) is 0 Å². The summed E-state index contributed by atoms with van der Waals surface area (Å²) in [5.41, 5.74) is 1.76. The van der Waals surface area contributed by atoms with Crippen LogP contribution in [-0.4, -0.2) is 40.6 Å². The number of Topliss-reactive ketones (excluding diaryl/α,β-unsaturated/α-hetero) is 2. The van der Waals surface area contributed by atoms with E-state index < -0.39 is 43.5 Å². The number of hydrogen-bond donors (Lipinski definition) is 2. The molecule has 6 nitrogen and oxygen atoms in total. The van der Waals surface area contributed by atoms with Crippen molar-refractivity contribution in [2.45, 2.75) is 23.6 Å². The minimum absolute atomic E-state index is 0.0607. The summed E-state index contributed by atoms with van der Waals surface area (Å²) in [6, 6.07) is 12.1. The molecule has 0 saturated carbocycles. The molecule has 0 heterocycles. The zero-order chi connectivity index (χ0) is 19.5. The van der Waals surface area contributed by atoms with Crippen LogP contribution in [0.15, 0.2) is 58.3 Å². The van der Waals surface area contributed by atoms with Crippen molar-refractivity contribution in [3.8, 4) is 0 Å². The van der Waals surface area contributed by atoms with Crippen LogP contribution >= 0.6 is 10.6 Å². The van der Waals surface area contributed by atoms with Gasteiger partial charge in [-0.25, -0.2) is 8.42 Å². The molecule has 2 aromatic rings. The van der Waals surface area contributed by atoms with E-state index in [4.69, 9.17) is 0 Å². The van der Waals surface area contributed by atoms with Crippen molar-refractivity contribution in [3.05, 3.63) is 59.7 Å². The summed E-state index contributed by atoms with van der Waals surface area (Å²) in [6.07, 6.45) is 0. The zero-order valence-corrected chi connectivity index (χ0v) is 16.0. The third-order valence-corrected chi connectivity index (χ3v) is 7.07. The first-order valence-corrected chi connectivity index (χ1v) is 11.1. The van der Waals surface area contributed by atoms with Crippen molar-refractivity contribution in [1.29, 1.82) is 0 Å². The van der Waals surface area contributed by atoms with Crippen LogP contribution in [0.3, 0.4) is 0 Å². The maximum absolute atomic E-state index is 12.2. The predicted molar refractivity (Wildman–Crippen MR) is 100 cm³/mol. The Balaban J connectivity index is 2.10. The van der Waals surface area contributed by atoms with Gasteiger partial charge in [-0.05, 0) is 38.1 Å². The maximum Gasteiger partial charge on any atom is 0.218 e. The normalized spacial score (nSPS) is 12.6. The van der Waals surface area contributed by atoms with Crippen LogP contribution in [0.4, 0.5) is 0 Å². The van der Waals surface area contributed by atoms with Gasteiger partial charge in [-0.3, -0.25) is 18.7 Å². The maximum atomic E-state index is 12.2. The molecule has 140 valence electrons. The lowest BCUT2D eigenvalue weighted by Gasteiger charge is -2.31. The quantitative estimate of drug-likeness (QED) is 0.697. The van der Waals surface area contributed by atoms with E-state index in [9.17, 15) is 27.1 Å². The van der Waals surface area contributed by atoms with E-state index in [0.29, 0.717) is 0 Å². The highest BCUT2D eigenvalue weighted by Crippen LogP contribution is 2.47. The first-order valence-electron chi connectivity index (χ1n) is 7.69. The highest BCUT2D eigenvalue weighted by atomic mass is 32.3. The topological polar surface area (TPSA) is 109 Å². The Kier molecular flexibility index (Phi) is 6.02. The lowest BCUT2D eigenvalue weighted by atomic mass is 10.2. The zero-order valence-electron chi connectivity index (χ0n) is 14.4. The van der Waals surface area contributed by atoms with Crippen LogP contribution < -0.4 is 0 Å². The summed E-state index contributed by atoms with van der Waals surface area (Å²) >= 11 is 0. The molecule has 0 aliphatic rings. The van der Waals surface area contributed by atoms with Crippen molar-refractivity contribution >= 4 is 32.0 Å². The Hall–Kier alpha value is -2.00. The van der Waals surface area contributed by atoms with E-state index in [1.165, 1.54) is 24.3 Å². The summed E-state index contributed by atoms with van der Waals surface area (Å²) in [5.74, 6) is -4.13. The second-order valence-corrected chi connectivity index (χ2v) is 10.1. The summed E-state index contributed by atoms with van der Waals surface area (Å²) in [6.45, 7) is 3.61. The van der Waals surface area contributed by atoms with Crippen LogP contribution in [0.5, 0.6) is 0 Å². The molecule has 2 N–H and O–H groups in total. The summed E-state index contributed by atoms with van der Waals surface area (Å²) in [4.78, 5) is 24.1. The van der Waals surface area contributed by atoms with Gasteiger partial charge in [0.15, 0.2) is 9.84 Å². The summed E-state index contributed by atoms with van der Waals surface area (Å²) < 4.78 is 44.8. The van der Waals surface area contributed by atoms with Gasteiger partial charge < -0.3 is 0 Å². The average Bonchev–Trinajstić information content (AvgIpc) is 2.54. The Morgan fingerprint density at radius 3 is 1.58 bits per heavy atom. The molecule has 8 heteroatoms. The van der Waals surface area contributed by atoms with Gasteiger partial charge in [0, 0.05) is 0 Å². The van der Waals surface area contributed by atoms with E-state index >= 15 is 0 Å². The molecule has 0 aromatic heterocycles. The Morgan fingerprint density at radius 1 is 0.731 bits per heavy atom. The third-order valence-electron chi connectivity index (χ3n) is 3.74. The van der Waals surface area contributed by atoms with E-state index in [-0.39, 0.29) is 9.79 Å². The fourth-order valence-electron chi connectivity index (χ4n) is 2.18. The molecule has 0 fully saturated rings. The largest absolute Gasteiger partial charge is 0.294 e. The standard InChI is InChI=1S/C18H20O6S2/c1-13-3-7-15(8-4-13)25(21,22)11-17(19)18(20)12-26(23,24)16-9-5-14(2)6-10-16/h3-10,21-22H,11-12H2,1-2H3. The van der Waals surface area contributed by atoms with Gasteiger partial charge in [0.2, 0.25) is 11.6 Å². The summed E-state index contributed by atoms with van der Waals surface area (Å²) in [7, 11) is -7.48. The Labute approximate surface area is 154 Å². The van der Waals surface area contributed by atoms with Gasteiger partial charge in [0.25, 0.3) is 0 Å². The molecule has 2 aromatic carbocycles. The number of benzene rings is 2. The molecular weight excluding hydrogens is 376 g/mol. The number of ketones is 2. The second-order valence-electron chi connectivity index (χ2n) is 6.04. The first-order chi connectivity index (χ1) is 12.0. The number of carbonyl (C=O) groups excluding carboxylic acids is 2. The smallest absolute Gasteiger partial charge is 0.218 e. The molecule has 0 saturated heterocycles. The monoisotopic (exact) mass is 396 g/mol. The fraction of sp³-hybridized carbons (Fsp3) is 0.222. The molecular formula is C18H20O6S2. The van der Waals surface area contributed by atoms with E-state index in [1.807, 2.05) is 6.92 Å². The molecule has 0 radical (unpaired) electrons. The Morgan fingerprint density at radius 2 is 1.12 bits per heavy atom. The molecule has 2 rings (SSSR count). The molecule has 0 aliphatic carbocycles. The van der Waals surface area contributed by atoms with Gasteiger partial charge in [0.05, 0.1) is 9.79 Å². The molecule has 0 spiro atoms. The van der Waals surface area contributed by atoms with Gasteiger partial charge in [-0.15, -0.1) is 0 Å². The van der Waals surface area contributed by atoms with Crippen molar-refractivity contribution in [2.75, 3.05) is 11.5 Å². The molecule has 0 unspecified atom stereocenters. The van der Waals surface area contributed by atoms with E-state index in [2.05, 4.69) is 0 Å². The van der Waals surface area contributed by atoms with Gasteiger partial charge >= 0.3 is 0 Å². The molecule has 0 aliphatic heterocycles. The lowest BCUT2D eigenvalue weighted by molar-refractivity contribution is -0.133. The molecule has 0 atom stereocenters. The predicted octanol–water partition coefficient (Wildman–Crippen LogP) is 3.03. The van der Waals surface area contributed by atoms with E-state index in [1.54, 1.807) is 31.2 Å². The van der Waals surface area contributed by atoms with Crippen LogP contribution in [0, 0.1) is 13.8 Å². The van der Waals surface area contributed by atoms with E-state index in [0.717, 1.165) is 11.1 Å². The van der Waals surface area contributed by atoms with Crippen LogP contribution in [0.2, 0.25) is 0 Å². The summed E-state index contributed by atoms with van der Waals surface area (Å²) in [5, 5.41) is 0. The SMILES string of the molecule is Cc1ccc(S(O)(O)CC(=O)C(=O)CS(=O)(=O)c2ccc(C)cc2)cc1. The van der Waals surface area contributed by atoms with Crippen molar-refractivity contribution in [3.63, 3.8) is 0 Å². The number of rotatable bonds is 7. The van der Waals surface area contributed by atoms with Crippen LogP contribution in [0.1, 0.15) is 11.1 Å². The molecule has 0 amide bonds. The fourth-order valence-corrected chi connectivity index (χ4v) is 4.67. The number of sulfone groups is 1. The number of aryl methyl sites for hydroxylation is 2. The molecule has 26 heavy (non-hydrogen) atoms. The highest BCUT2D eigenvalue weighted by Gasteiger charge is 2.28. The van der Waals surface area contributed by atoms with Crippen molar-refractivity contribution < 1.29 is 27.1 Å². The van der Waals surface area contributed by atoms with Gasteiger partial charge in [0.1, 0.15) is 11.5 Å². The minimum Gasteiger partial charge on any atom is -0.294 e. The average molecular weight is 396 g/mol. The second kappa shape index (κ2) is 7.71. The van der Waals surface area contributed by atoms with Crippen LogP contribution in [-0.2, 0) is 19.4 Å². The Bertz CT molecular complexity index is 913. The lowest BCUT2D eigenvalue weighted by Crippen LogP contribution is -2.28. The van der Waals surface area contributed by atoms with Crippen molar-refractivity contribution in [1.82, 2.24) is 0 Å². The third kappa shape index (κ3) is 5.01. The minimum atomic E-state index is -3.97.